The van der Waals surface area contributed by atoms with E-state index in [2.05, 4.69) is 37.2 Å². The minimum absolute atomic E-state index is 0.0638. The number of carboxylic acids is 3. The van der Waals surface area contributed by atoms with E-state index in [0.29, 0.717) is 25.8 Å². The van der Waals surface area contributed by atoms with Crippen molar-refractivity contribution in [2.24, 2.45) is 17.4 Å². The average molecular weight is 970 g/mol. The molecule has 0 unspecified atom stereocenters. The summed E-state index contributed by atoms with van der Waals surface area (Å²) in [6.45, 7) is 3.19. The number of aliphatic carboxylic acids is 3. The van der Waals surface area contributed by atoms with Crippen molar-refractivity contribution in [2.45, 2.75) is 140 Å². The van der Waals surface area contributed by atoms with Crippen LogP contribution in [-0.4, -0.2) is 189 Å². The Bertz CT molecular complexity index is 1850. The smallest absolute Gasteiger partial charge is 0.326 e. The second-order valence-electron chi connectivity index (χ2n) is 16.9. The summed E-state index contributed by atoms with van der Waals surface area (Å²) >= 11 is 0. The van der Waals surface area contributed by atoms with E-state index >= 15 is 0 Å². The van der Waals surface area contributed by atoms with Gasteiger partial charge in [-0.2, -0.15) is 0 Å². The molecule has 27 heteroatoms. The van der Waals surface area contributed by atoms with Crippen molar-refractivity contribution in [3.05, 3.63) is 0 Å². The molecule has 0 aromatic carbocycles. The van der Waals surface area contributed by atoms with Crippen molar-refractivity contribution in [3.8, 4) is 0 Å². The predicted molar refractivity (Wildman–Crippen MR) is 235 cm³/mol. The van der Waals surface area contributed by atoms with Gasteiger partial charge in [0, 0.05) is 19.5 Å². The first-order valence-electron chi connectivity index (χ1n) is 22.4. The summed E-state index contributed by atoms with van der Waals surface area (Å²) in [6, 6.07) is -11.1. The fourth-order valence-electron chi connectivity index (χ4n) is 7.56. The molecule has 9 amide bonds. The Morgan fingerprint density at radius 3 is 1.69 bits per heavy atom. The van der Waals surface area contributed by atoms with Crippen LogP contribution in [-0.2, 0) is 57.5 Å². The van der Waals surface area contributed by atoms with Gasteiger partial charge in [-0.25, -0.2) is 4.79 Å². The normalized spacial score (nSPS) is 18.2. The molecule has 0 spiro atoms. The molecule has 2 aliphatic heterocycles. The maximum Gasteiger partial charge on any atom is 0.326 e. The van der Waals surface area contributed by atoms with E-state index in [1.165, 1.54) is 11.8 Å². The average Bonchev–Trinajstić information content (AvgIpc) is 3.98. The van der Waals surface area contributed by atoms with E-state index in [0.717, 1.165) is 4.90 Å². The molecule has 2 fully saturated rings. The zero-order valence-electron chi connectivity index (χ0n) is 38.5. The maximum atomic E-state index is 14.1. The van der Waals surface area contributed by atoms with E-state index in [-0.39, 0.29) is 51.1 Å². The molecule has 2 heterocycles. The van der Waals surface area contributed by atoms with Crippen molar-refractivity contribution < 1.29 is 78.0 Å². The highest BCUT2D eigenvalue weighted by molar-refractivity contribution is 5.99. The van der Waals surface area contributed by atoms with Crippen LogP contribution >= 0.6 is 0 Å². The first-order valence-corrected chi connectivity index (χ1v) is 22.4. The quantitative estimate of drug-likeness (QED) is 0.0311. The Labute approximate surface area is 391 Å². The van der Waals surface area contributed by atoms with Gasteiger partial charge in [-0.1, -0.05) is 13.8 Å². The third-order valence-electron chi connectivity index (χ3n) is 11.0. The van der Waals surface area contributed by atoms with E-state index in [1.807, 2.05) is 0 Å². The number of rotatable bonds is 29. The minimum atomic E-state index is -1.84. The number of nitrogens with zero attached hydrogens (tertiary/aromatic N) is 2. The van der Waals surface area contributed by atoms with Crippen LogP contribution in [0.5, 0.6) is 0 Å². The molecule has 0 aliphatic carbocycles. The molecular formula is C41H67N11O16. The predicted octanol–water partition coefficient (Wildman–Crippen LogP) is -5.44. The lowest BCUT2D eigenvalue weighted by Crippen LogP contribution is -2.60. The molecule has 0 bridgehead atoms. The molecule has 0 saturated carbocycles. The molecule has 2 rings (SSSR count). The van der Waals surface area contributed by atoms with E-state index in [4.69, 9.17) is 11.5 Å². The van der Waals surface area contributed by atoms with Gasteiger partial charge >= 0.3 is 17.9 Å². The van der Waals surface area contributed by atoms with Crippen molar-refractivity contribution in [1.29, 1.82) is 0 Å². The van der Waals surface area contributed by atoms with Crippen LogP contribution in [0.1, 0.15) is 91.4 Å². The largest absolute Gasteiger partial charge is 0.481 e. The Kier molecular flexibility index (Phi) is 24.3. The Morgan fingerprint density at radius 1 is 0.603 bits per heavy atom. The summed E-state index contributed by atoms with van der Waals surface area (Å²) in [5.74, 6) is -12.2. The van der Waals surface area contributed by atoms with Crippen molar-refractivity contribution >= 4 is 71.1 Å². The summed E-state index contributed by atoms with van der Waals surface area (Å²) in [5, 5.41) is 54.4. The maximum absolute atomic E-state index is 14.1. The molecule has 0 radical (unpaired) electrons. The van der Waals surface area contributed by atoms with Crippen LogP contribution in [0.15, 0.2) is 0 Å². The number of hydrogen-bond acceptors (Lipinski definition) is 15. The van der Waals surface area contributed by atoms with Gasteiger partial charge in [0.05, 0.1) is 26.1 Å². The molecule has 68 heavy (non-hydrogen) atoms. The van der Waals surface area contributed by atoms with E-state index in [9.17, 15) is 78.0 Å². The van der Waals surface area contributed by atoms with Gasteiger partial charge in [-0.3, -0.25) is 52.7 Å². The first kappa shape index (κ1) is 57.6. The topological polar surface area (TPSA) is 428 Å². The Morgan fingerprint density at radius 2 is 1.16 bits per heavy atom. The number of nitrogens with two attached hydrogens (primary N) is 2. The van der Waals surface area contributed by atoms with E-state index in [1.54, 1.807) is 13.8 Å². The van der Waals surface area contributed by atoms with Crippen molar-refractivity contribution in [2.75, 3.05) is 39.3 Å². The summed E-state index contributed by atoms with van der Waals surface area (Å²) in [5.41, 5.74) is 10.7. The highest BCUT2D eigenvalue weighted by atomic mass is 16.4. The summed E-state index contributed by atoms with van der Waals surface area (Å²) < 4.78 is 0. The van der Waals surface area contributed by atoms with Gasteiger partial charge in [0.25, 0.3) is 0 Å². The molecule has 27 nitrogen and oxygen atoms in total. The van der Waals surface area contributed by atoms with Crippen LogP contribution in [0.3, 0.4) is 0 Å². The number of unbranched alkanes of at least 4 members (excludes halogenated alkanes) is 1. The Hall–Kier alpha value is -6.48. The molecular weight excluding hydrogens is 903 g/mol. The van der Waals surface area contributed by atoms with E-state index < -0.39 is 158 Å². The molecule has 2 aliphatic rings. The molecule has 2 saturated heterocycles. The molecule has 8 atom stereocenters. The third kappa shape index (κ3) is 18.7. The number of likely N-dealkylation sites (tertiary alicyclic amines) is 2. The summed E-state index contributed by atoms with van der Waals surface area (Å²) in [4.78, 5) is 156. The lowest BCUT2D eigenvalue weighted by molar-refractivity contribution is -0.147. The number of amides is 9. The highest BCUT2D eigenvalue weighted by Gasteiger charge is 2.43. The number of aliphatic hydroxyl groups excluding tert-OH is 1. The van der Waals surface area contributed by atoms with Crippen molar-refractivity contribution in [3.63, 3.8) is 0 Å². The lowest BCUT2D eigenvalue weighted by Gasteiger charge is -2.32. The fraction of sp³-hybridized carbons (Fsp3) is 0.707. The molecule has 0 aromatic rings. The van der Waals surface area contributed by atoms with Gasteiger partial charge in [0.1, 0.15) is 48.3 Å². The van der Waals surface area contributed by atoms with Crippen LogP contribution < -0.4 is 48.7 Å². The molecule has 15 N–H and O–H groups in total. The van der Waals surface area contributed by atoms with Crippen LogP contribution in [0.25, 0.3) is 0 Å². The first-order chi connectivity index (χ1) is 32.0. The standard InChI is InChI=1S/C41H67N11O16/c1-21(2)16-25(39(65)51-14-6-9-28(51)37(63)44-19-31(55)45-22(3)34(60)48-24(41(67)68)8-4-5-13-42)50-38(64)29-10-7-15-52(29)40(66)26(17-33(58)59)49-35(61)23(11-12-32(56)57)47-36(62)27(20-53)46-30(54)18-43/h21-29,53H,4-20,42-43H2,1-3H3,(H,44,63)(H,45,55)(H,46,54)(H,47,62)(H,48,60)(H,49,61)(H,50,64)(H,56,57)(H,58,59)(H,67,68)/t22-,23-,24-,25-,26-,27-,28-,29-/m0/s1. The summed E-state index contributed by atoms with van der Waals surface area (Å²) in [7, 11) is 0. The molecule has 0 aromatic heterocycles. The Balaban J connectivity index is 2.18. The minimum Gasteiger partial charge on any atom is -0.481 e. The van der Waals surface area contributed by atoms with Gasteiger partial charge in [0.15, 0.2) is 0 Å². The summed E-state index contributed by atoms with van der Waals surface area (Å²) in [6.07, 6.45) is -0.127. The number of nitrogens with one attached hydrogen (secondary N) is 7. The number of carbonyl (C=O) groups is 12. The second-order valence-corrected chi connectivity index (χ2v) is 16.9. The monoisotopic (exact) mass is 969 g/mol. The SMILES string of the molecule is CC(C)C[C@H](NC(=O)[C@@H]1CCCN1C(=O)[C@H](CC(=O)O)NC(=O)[C@H](CCC(=O)O)NC(=O)[C@H](CO)NC(=O)CN)C(=O)N1CCC[C@H]1C(=O)NCC(=O)N[C@@H](C)C(=O)N[C@@H](CCCCN)C(=O)O. The number of carboxylic acid groups (broad SMARTS) is 3. The van der Waals surface area contributed by atoms with Gasteiger partial charge in [-0.15, -0.1) is 0 Å². The van der Waals surface area contributed by atoms with Crippen LogP contribution in [0.2, 0.25) is 0 Å². The van der Waals surface area contributed by atoms with Crippen LogP contribution in [0.4, 0.5) is 0 Å². The fourth-order valence-corrected chi connectivity index (χ4v) is 7.56. The van der Waals surface area contributed by atoms with Gasteiger partial charge in [-0.05, 0) is 77.2 Å². The van der Waals surface area contributed by atoms with Gasteiger partial charge in [0.2, 0.25) is 53.2 Å². The number of carbonyl (C=O) groups excluding carboxylic acids is 9. The zero-order valence-corrected chi connectivity index (χ0v) is 38.5. The lowest BCUT2D eigenvalue weighted by atomic mass is 10.0. The zero-order chi connectivity index (χ0) is 51.2. The third-order valence-corrected chi connectivity index (χ3v) is 11.0. The highest BCUT2D eigenvalue weighted by Crippen LogP contribution is 2.23. The number of hydrogen-bond donors (Lipinski definition) is 13. The number of aliphatic hydroxyl groups is 1. The molecule has 382 valence electrons. The van der Waals surface area contributed by atoms with Crippen molar-refractivity contribution in [1.82, 2.24) is 47.0 Å². The van der Waals surface area contributed by atoms with Crippen LogP contribution in [0, 0.1) is 5.92 Å². The second kappa shape index (κ2) is 28.6. The van der Waals surface area contributed by atoms with Gasteiger partial charge < -0.3 is 78.9 Å².